The quantitative estimate of drug-likeness (QED) is 0.459. The van der Waals surface area contributed by atoms with E-state index in [4.69, 9.17) is 0 Å². The molecule has 0 unspecified atom stereocenters. The molecule has 12 heavy (non-hydrogen) atoms. The molecule has 0 aliphatic rings. The summed E-state index contributed by atoms with van der Waals surface area (Å²) in [5.41, 5.74) is 0. The summed E-state index contributed by atoms with van der Waals surface area (Å²) in [5, 5.41) is 0. The zero-order valence-electron chi connectivity index (χ0n) is 7.27. The molecule has 0 atom stereocenters. The number of sulfonamides is 2. The molecule has 0 heterocycles. The molecule has 5 nitrogen and oxygen atoms in total. The van der Waals surface area contributed by atoms with Crippen molar-refractivity contribution in [1.29, 1.82) is 0 Å². The van der Waals surface area contributed by atoms with Crippen molar-refractivity contribution in [3.05, 3.63) is 0 Å². The van der Waals surface area contributed by atoms with E-state index < -0.39 is 23.3 Å². The first-order valence-electron chi connectivity index (χ1n) is 2.74. The van der Waals surface area contributed by atoms with Crippen molar-refractivity contribution in [1.82, 2.24) is 0 Å². The highest BCUT2D eigenvalue weighted by Gasteiger charge is 2.38. The third-order valence-corrected chi connectivity index (χ3v) is 6.42. The van der Waals surface area contributed by atoms with Crippen LogP contribution in [-0.4, -0.2) is 46.7 Å². The summed E-state index contributed by atoms with van der Waals surface area (Å²) in [4.78, 5) is 0. The van der Waals surface area contributed by atoms with Crippen LogP contribution in [0.2, 0.25) is 0 Å². The van der Waals surface area contributed by atoms with Gasteiger partial charge in [0.1, 0.15) is 0 Å². The normalized spacial score (nSPS) is 13.7. The fraction of sp³-hybridized carbons (Fsp3) is 1.00. The third-order valence-electron chi connectivity index (χ3n) is 1.60. The Bertz CT molecular complexity index is 307. The number of halogens is 1. The fourth-order valence-electron chi connectivity index (χ4n) is 0.246. The van der Waals surface area contributed by atoms with E-state index in [1.165, 1.54) is 0 Å². The lowest BCUT2D eigenvalue weighted by molar-refractivity contribution is -0.619. The average molecular weight is 238 g/mol. The molecule has 0 saturated heterocycles. The fourth-order valence-corrected chi connectivity index (χ4v) is 2.21. The van der Waals surface area contributed by atoms with E-state index in [-0.39, 0.29) is 12.4 Å². The van der Waals surface area contributed by atoms with Crippen molar-refractivity contribution >= 4 is 20.0 Å². The monoisotopic (exact) mass is 237 g/mol. The van der Waals surface area contributed by atoms with Gasteiger partial charge in [0.25, 0.3) is 0 Å². The van der Waals surface area contributed by atoms with Crippen LogP contribution in [0.4, 0.5) is 0 Å². The highest BCUT2D eigenvalue weighted by Crippen LogP contribution is 2.11. The highest BCUT2D eigenvalue weighted by molar-refractivity contribution is 7.97. The standard InChI is InChI=1S/C4H12NO4S2.ClH/c1-5(2,10(3,6)7)11(4,8)9;/h1-4H3;1H/q+1;/p-1. The molecular formula is C4H12ClNO4S2. The van der Waals surface area contributed by atoms with Crippen LogP contribution in [0, 0.1) is 0 Å². The van der Waals surface area contributed by atoms with Crippen molar-refractivity contribution in [2.45, 2.75) is 0 Å². The molecule has 0 amide bonds. The number of nitrogens with zero attached hydrogens (tertiary/aromatic N) is 1. The molecule has 0 aromatic rings. The Labute approximate surface area is 79.5 Å². The van der Waals surface area contributed by atoms with Crippen LogP contribution in [0.25, 0.3) is 0 Å². The first-order valence-corrected chi connectivity index (χ1v) is 6.44. The van der Waals surface area contributed by atoms with Crippen molar-refractivity contribution in [3.8, 4) is 0 Å². The lowest BCUT2D eigenvalue weighted by Gasteiger charge is -2.22. The Balaban J connectivity index is 0. The molecular weight excluding hydrogens is 226 g/mol. The predicted octanol–water partition coefficient (Wildman–Crippen LogP) is -4.01. The molecule has 8 heteroatoms. The lowest BCUT2D eigenvalue weighted by Crippen LogP contribution is -3.00. The largest absolute Gasteiger partial charge is 1.00 e. The summed E-state index contributed by atoms with van der Waals surface area (Å²) in [6.07, 6.45) is 1.77. The van der Waals surface area contributed by atoms with E-state index in [1.54, 1.807) is 0 Å². The van der Waals surface area contributed by atoms with Gasteiger partial charge in [-0.2, -0.15) is 16.8 Å². The minimum Gasteiger partial charge on any atom is -1.00 e. The summed E-state index contributed by atoms with van der Waals surface area (Å²) in [5.74, 6) is 0. The lowest BCUT2D eigenvalue weighted by atomic mass is 11.3. The topological polar surface area (TPSA) is 68.3 Å². The van der Waals surface area contributed by atoms with Gasteiger partial charge in [-0.15, -0.1) is 3.29 Å². The first-order chi connectivity index (χ1) is 4.50. The second-order valence-corrected chi connectivity index (χ2v) is 7.71. The van der Waals surface area contributed by atoms with E-state index in [2.05, 4.69) is 0 Å². The Morgan fingerprint density at radius 3 is 1.00 bits per heavy atom. The molecule has 0 saturated carbocycles. The van der Waals surface area contributed by atoms with Gasteiger partial charge in [0, 0.05) is 0 Å². The van der Waals surface area contributed by atoms with Crippen LogP contribution in [0.3, 0.4) is 0 Å². The maximum Gasteiger partial charge on any atom is 0.308 e. The maximum atomic E-state index is 10.9. The van der Waals surface area contributed by atoms with E-state index in [1.807, 2.05) is 0 Å². The molecule has 0 spiro atoms. The Morgan fingerprint density at radius 2 is 1.00 bits per heavy atom. The van der Waals surface area contributed by atoms with Crippen molar-refractivity contribution in [2.75, 3.05) is 26.6 Å². The molecule has 0 rings (SSSR count). The van der Waals surface area contributed by atoms with Crippen molar-refractivity contribution in [2.24, 2.45) is 0 Å². The van der Waals surface area contributed by atoms with Crippen LogP contribution in [0.5, 0.6) is 0 Å². The van der Waals surface area contributed by atoms with Gasteiger partial charge in [0.2, 0.25) is 0 Å². The Morgan fingerprint density at radius 1 is 0.833 bits per heavy atom. The second-order valence-electron chi connectivity index (χ2n) is 2.72. The smallest absolute Gasteiger partial charge is 0.308 e. The van der Waals surface area contributed by atoms with Gasteiger partial charge in [0.05, 0.1) is 26.6 Å². The van der Waals surface area contributed by atoms with E-state index in [9.17, 15) is 16.8 Å². The van der Waals surface area contributed by atoms with E-state index in [0.717, 1.165) is 26.6 Å². The summed E-state index contributed by atoms with van der Waals surface area (Å²) in [6.45, 7) is 0. The van der Waals surface area contributed by atoms with Crippen molar-refractivity contribution in [3.63, 3.8) is 0 Å². The molecule has 76 valence electrons. The maximum absolute atomic E-state index is 10.9. The minimum absolute atomic E-state index is 0. The highest BCUT2D eigenvalue weighted by atomic mass is 35.5. The average Bonchev–Trinajstić information content (AvgIpc) is 1.58. The number of quaternary nitrogens is 1. The van der Waals surface area contributed by atoms with Crippen molar-refractivity contribution < 1.29 is 32.5 Å². The molecule has 0 aliphatic carbocycles. The van der Waals surface area contributed by atoms with Gasteiger partial charge in [-0.05, 0) is 0 Å². The Hall–Kier alpha value is 0.150. The van der Waals surface area contributed by atoms with Gasteiger partial charge in [-0.25, -0.2) is 0 Å². The van der Waals surface area contributed by atoms with Crippen LogP contribution >= 0.6 is 0 Å². The SMILES string of the molecule is C[N+](C)(S(C)(=O)=O)S(C)(=O)=O.[Cl-]. The molecule has 0 aromatic carbocycles. The summed E-state index contributed by atoms with van der Waals surface area (Å²) >= 11 is 0. The number of hydrogen-bond donors (Lipinski definition) is 0. The van der Waals surface area contributed by atoms with Crippen LogP contribution in [0.15, 0.2) is 0 Å². The summed E-state index contributed by atoms with van der Waals surface area (Å²) < 4.78 is 42.6. The Kier molecular flexibility index (Phi) is 4.26. The minimum atomic E-state index is -3.61. The molecule has 0 bridgehead atoms. The molecule has 0 aliphatic heterocycles. The van der Waals surface area contributed by atoms with Gasteiger partial charge in [-0.1, -0.05) is 0 Å². The molecule has 0 radical (unpaired) electrons. The first kappa shape index (κ1) is 14.7. The van der Waals surface area contributed by atoms with Gasteiger partial charge < -0.3 is 12.4 Å². The van der Waals surface area contributed by atoms with Gasteiger partial charge in [0.15, 0.2) is 0 Å². The molecule has 0 fully saturated rings. The van der Waals surface area contributed by atoms with Crippen LogP contribution in [-0.2, 0) is 20.0 Å². The second kappa shape index (κ2) is 3.49. The predicted molar refractivity (Wildman–Crippen MR) is 41.8 cm³/mol. The van der Waals surface area contributed by atoms with Crippen LogP contribution in [0.1, 0.15) is 0 Å². The molecule has 0 aromatic heterocycles. The van der Waals surface area contributed by atoms with E-state index in [0.29, 0.717) is 0 Å². The third kappa shape index (κ3) is 2.58. The molecule has 0 N–H and O–H groups in total. The van der Waals surface area contributed by atoms with Gasteiger partial charge >= 0.3 is 20.0 Å². The van der Waals surface area contributed by atoms with E-state index >= 15 is 0 Å². The van der Waals surface area contributed by atoms with Gasteiger partial charge in [-0.3, -0.25) is 0 Å². The zero-order valence-corrected chi connectivity index (χ0v) is 9.66. The summed E-state index contributed by atoms with van der Waals surface area (Å²) in [7, 11) is -4.99. The number of rotatable bonds is 2. The van der Waals surface area contributed by atoms with Crippen LogP contribution < -0.4 is 12.4 Å². The summed E-state index contributed by atoms with van der Waals surface area (Å²) in [6, 6.07) is 0. The number of hydrogen-bond acceptors (Lipinski definition) is 4. The zero-order chi connectivity index (χ0) is 9.50.